The monoisotopic (exact) mass is 520 g/mol. The maximum Gasteiger partial charge on any atom is 0.490 e. The van der Waals surface area contributed by atoms with E-state index in [1.54, 1.807) is 18.5 Å². The van der Waals surface area contributed by atoms with Crippen molar-refractivity contribution in [3.63, 3.8) is 0 Å². The third kappa shape index (κ3) is 4.10. The van der Waals surface area contributed by atoms with Crippen LogP contribution in [0.4, 0.5) is 0 Å². The summed E-state index contributed by atoms with van der Waals surface area (Å²) in [6, 6.07) is 32.6. The first-order valence-electron chi connectivity index (χ1n) is 12.8. The standard InChI is InChI=1S/C31H21BN6O2/c39-32(40)24-13-8-12-23-22-11-1-2-16-27(22)38(28(23)24)21-10-7-9-20(19-21)29-35-30(25-14-3-5-17-33-25)37-31(36-29)26-15-4-6-18-34-26/h1-19,39-40H. The third-order valence-electron chi connectivity index (χ3n) is 6.79. The minimum Gasteiger partial charge on any atom is -0.423 e. The number of nitrogens with zero attached hydrogens (tertiary/aromatic N) is 6. The van der Waals surface area contributed by atoms with Crippen LogP contribution in [0.5, 0.6) is 0 Å². The van der Waals surface area contributed by atoms with Gasteiger partial charge in [0.25, 0.3) is 0 Å². The average Bonchev–Trinajstić information content (AvgIpc) is 3.36. The lowest BCUT2D eigenvalue weighted by atomic mass is 9.79. The van der Waals surface area contributed by atoms with Crippen molar-refractivity contribution >= 4 is 34.4 Å². The summed E-state index contributed by atoms with van der Waals surface area (Å²) in [6.07, 6.45) is 3.41. The molecule has 0 aliphatic carbocycles. The first-order valence-corrected chi connectivity index (χ1v) is 12.8. The van der Waals surface area contributed by atoms with Crippen LogP contribution in [0.2, 0.25) is 0 Å². The van der Waals surface area contributed by atoms with Gasteiger partial charge < -0.3 is 14.6 Å². The molecule has 0 amide bonds. The van der Waals surface area contributed by atoms with Crippen LogP contribution in [-0.2, 0) is 0 Å². The zero-order valence-electron chi connectivity index (χ0n) is 21.1. The predicted molar refractivity (Wildman–Crippen MR) is 156 cm³/mol. The average molecular weight is 520 g/mol. The Hall–Kier alpha value is -5.25. The van der Waals surface area contributed by atoms with Crippen molar-refractivity contribution in [1.29, 1.82) is 0 Å². The van der Waals surface area contributed by atoms with Crippen LogP contribution in [-0.4, -0.2) is 46.7 Å². The molecule has 0 spiro atoms. The fraction of sp³-hybridized carbons (Fsp3) is 0. The quantitative estimate of drug-likeness (QED) is 0.323. The Balaban J connectivity index is 1.46. The van der Waals surface area contributed by atoms with Crippen LogP contribution in [0.3, 0.4) is 0 Å². The van der Waals surface area contributed by atoms with E-state index in [0.717, 1.165) is 33.1 Å². The Morgan fingerprint density at radius 2 is 1.20 bits per heavy atom. The number of para-hydroxylation sites is 2. The first-order chi connectivity index (χ1) is 19.7. The maximum absolute atomic E-state index is 10.2. The van der Waals surface area contributed by atoms with Gasteiger partial charge in [-0.05, 0) is 42.5 Å². The lowest BCUT2D eigenvalue weighted by molar-refractivity contribution is 0.426. The summed E-state index contributed by atoms with van der Waals surface area (Å²) in [5, 5.41) is 22.4. The van der Waals surface area contributed by atoms with Gasteiger partial charge in [-0.2, -0.15) is 0 Å². The minimum absolute atomic E-state index is 0.425. The van der Waals surface area contributed by atoms with Crippen molar-refractivity contribution in [3.8, 4) is 40.1 Å². The molecule has 2 N–H and O–H groups in total. The second kappa shape index (κ2) is 9.81. The van der Waals surface area contributed by atoms with Crippen molar-refractivity contribution in [1.82, 2.24) is 29.5 Å². The van der Waals surface area contributed by atoms with Gasteiger partial charge in [-0.3, -0.25) is 9.97 Å². The molecule has 0 unspecified atom stereocenters. The fourth-order valence-electron chi connectivity index (χ4n) is 5.03. The van der Waals surface area contributed by atoms with Crippen LogP contribution in [0, 0.1) is 0 Å². The molecule has 8 nitrogen and oxygen atoms in total. The summed E-state index contributed by atoms with van der Waals surface area (Å²) in [5.41, 5.74) is 4.95. The van der Waals surface area contributed by atoms with E-state index in [0.29, 0.717) is 34.3 Å². The number of rotatable bonds is 5. The van der Waals surface area contributed by atoms with Gasteiger partial charge >= 0.3 is 7.12 Å². The number of hydrogen-bond donors (Lipinski definition) is 2. The second-order valence-corrected chi connectivity index (χ2v) is 9.26. The zero-order valence-corrected chi connectivity index (χ0v) is 21.1. The van der Waals surface area contributed by atoms with E-state index in [2.05, 4.69) is 15.0 Å². The summed E-state index contributed by atoms with van der Waals surface area (Å²) in [4.78, 5) is 23.2. The van der Waals surface area contributed by atoms with Gasteiger partial charge in [0.15, 0.2) is 17.5 Å². The lowest BCUT2D eigenvalue weighted by Gasteiger charge is -2.13. The van der Waals surface area contributed by atoms with E-state index in [1.807, 2.05) is 102 Å². The van der Waals surface area contributed by atoms with Crippen molar-refractivity contribution in [2.45, 2.75) is 0 Å². The van der Waals surface area contributed by atoms with Crippen molar-refractivity contribution < 1.29 is 10.0 Å². The number of fused-ring (bicyclic) bond motifs is 3. The molecule has 4 aromatic heterocycles. The van der Waals surface area contributed by atoms with Gasteiger partial charge in [0.1, 0.15) is 11.4 Å². The predicted octanol–water partition coefficient (Wildman–Crippen LogP) is 4.44. The van der Waals surface area contributed by atoms with Crippen molar-refractivity contribution in [2.24, 2.45) is 0 Å². The highest BCUT2D eigenvalue weighted by atomic mass is 16.4. The van der Waals surface area contributed by atoms with Gasteiger partial charge in [0, 0.05) is 39.9 Å². The number of aromatic nitrogens is 6. The van der Waals surface area contributed by atoms with Crippen molar-refractivity contribution in [3.05, 3.63) is 116 Å². The van der Waals surface area contributed by atoms with E-state index < -0.39 is 7.12 Å². The van der Waals surface area contributed by atoms with Crippen LogP contribution < -0.4 is 5.46 Å². The zero-order chi connectivity index (χ0) is 27.1. The Labute approximate surface area is 229 Å². The van der Waals surface area contributed by atoms with Gasteiger partial charge in [-0.1, -0.05) is 60.7 Å². The van der Waals surface area contributed by atoms with Crippen molar-refractivity contribution in [2.75, 3.05) is 0 Å². The van der Waals surface area contributed by atoms with E-state index in [9.17, 15) is 10.0 Å². The lowest BCUT2D eigenvalue weighted by Crippen LogP contribution is -2.31. The van der Waals surface area contributed by atoms with Gasteiger partial charge in [0.2, 0.25) is 0 Å². The molecule has 190 valence electrons. The normalized spacial score (nSPS) is 11.2. The van der Waals surface area contributed by atoms with Gasteiger partial charge in [-0.15, -0.1) is 0 Å². The molecule has 0 bridgehead atoms. The number of benzene rings is 3. The van der Waals surface area contributed by atoms with E-state index >= 15 is 0 Å². The summed E-state index contributed by atoms with van der Waals surface area (Å²) >= 11 is 0. The Bertz CT molecular complexity index is 1940. The SMILES string of the molecule is OB(O)c1cccc2c3ccccc3n(-c3cccc(-c4nc(-c5ccccn5)nc(-c5ccccn5)n4)c3)c12. The molecule has 0 saturated carbocycles. The molecular formula is C31H21BN6O2. The summed E-state index contributed by atoms with van der Waals surface area (Å²) < 4.78 is 2.05. The van der Waals surface area contributed by atoms with Crippen LogP contribution in [0.1, 0.15) is 0 Å². The minimum atomic E-state index is -1.62. The van der Waals surface area contributed by atoms with E-state index in [-0.39, 0.29) is 0 Å². The molecule has 9 heteroatoms. The molecule has 0 aliphatic heterocycles. The van der Waals surface area contributed by atoms with E-state index in [1.165, 1.54) is 0 Å². The van der Waals surface area contributed by atoms with Crippen LogP contribution in [0.25, 0.3) is 61.9 Å². The Morgan fingerprint density at radius 1 is 0.575 bits per heavy atom. The molecule has 0 aliphatic rings. The Morgan fingerprint density at radius 3 is 1.88 bits per heavy atom. The highest BCUT2D eigenvalue weighted by molar-refractivity contribution is 6.62. The largest absolute Gasteiger partial charge is 0.490 e. The molecule has 7 aromatic rings. The summed E-state index contributed by atoms with van der Waals surface area (Å²) in [5.74, 6) is 1.36. The molecule has 0 atom stereocenters. The molecule has 7 rings (SSSR count). The number of hydrogen-bond acceptors (Lipinski definition) is 7. The van der Waals surface area contributed by atoms with Crippen LogP contribution >= 0.6 is 0 Å². The highest BCUT2D eigenvalue weighted by Gasteiger charge is 2.22. The van der Waals surface area contributed by atoms with E-state index in [4.69, 9.17) is 9.97 Å². The fourth-order valence-corrected chi connectivity index (χ4v) is 5.03. The smallest absolute Gasteiger partial charge is 0.423 e. The maximum atomic E-state index is 10.2. The third-order valence-corrected chi connectivity index (χ3v) is 6.79. The molecule has 3 aromatic carbocycles. The van der Waals surface area contributed by atoms with Gasteiger partial charge in [0.05, 0.1) is 11.0 Å². The molecular weight excluding hydrogens is 499 g/mol. The molecule has 40 heavy (non-hydrogen) atoms. The van der Waals surface area contributed by atoms with Gasteiger partial charge in [-0.25, -0.2) is 15.0 Å². The van der Waals surface area contributed by atoms with Crippen LogP contribution in [0.15, 0.2) is 116 Å². The Kier molecular flexibility index (Phi) is 5.85. The first kappa shape index (κ1) is 23.8. The molecule has 4 heterocycles. The second-order valence-electron chi connectivity index (χ2n) is 9.26. The topological polar surface area (TPSA) is 110 Å². The number of pyridine rings is 2. The molecule has 0 fully saturated rings. The summed E-state index contributed by atoms with van der Waals surface area (Å²) in [6.45, 7) is 0. The molecule has 0 saturated heterocycles. The molecule has 0 radical (unpaired) electrons. The highest BCUT2D eigenvalue weighted by Crippen LogP contribution is 2.32. The summed E-state index contributed by atoms with van der Waals surface area (Å²) in [7, 11) is -1.62.